The number of thioether (sulfide) groups is 1. The lowest BCUT2D eigenvalue weighted by molar-refractivity contribution is -0.115. The highest BCUT2D eigenvalue weighted by atomic mass is 32.2. The molecule has 1 fully saturated rings. The third-order valence-corrected chi connectivity index (χ3v) is 5.20. The largest absolute Gasteiger partial charge is 0.416 e. The summed E-state index contributed by atoms with van der Waals surface area (Å²) in [7, 11) is 0. The Morgan fingerprint density at radius 2 is 1.85 bits per heavy atom. The number of amides is 1. The van der Waals surface area contributed by atoms with Gasteiger partial charge in [-0.3, -0.25) is 4.79 Å². The summed E-state index contributed by atoms with van der Waals surface area (Å²) in [6.45, 7) is 1.84. The van der Waals surface area contributed by atoms with Crippen LogP contribution < -0.4 is 5.32 Å². The second-order valence-electron chi connectivity index (χ2n) is 6.34. The lowest BCUT2D eigenvalue weighted by Gasteiger charge is -2.14. The number of aromatic nitrogens is 2. The van der Waals surface area contributed by atoms with E-state index < -0.39 is 0 Å². The van der Waals surface area contributed by atoms with Gasteiger partial charge in [0, 0.05) is 17.2 Å². The van der Waals surface area contributed by atoms with Gasteiger partial charge in [-0.15, -0.1) is 10.2 Å². The van der Waals surface area contributed by atoms with Crippen molar-refractivity contribution in [2.24, 2.45) is 0 Å². The highest BCUT2D eigenvalue weighted by molar-refractivity contribution is 8.00. The number of hydrogen-bond donors (Lipinski definition) is 1. The minimum absolute atomic E-state index is 0.0930. The van der Waals surface area contributed by atoms with E-state index in [4.69, 9.17) is 4.42 Å². The molecule has 5 nitrogen and oxygen atoms in total. The number of rotatable bonds is 6. The molecule has 26 heavy (non-hydrogen) atoms. The van der Waals surface area contributed by atoms with Crippen LogP contribution >= 0.6 is 11.8 Å². The summed E-state index contributed by atoms with van der Waals surface area (Å²) in [6.07, 6.45) is 2.22. The SMILES string of the molecule is C[C@H](Sc1nnc(C2CC2)o1)C(=O)Nc1ccccc1-c1ccccc1. The van der Waals surface area contributed by atoms with Gasteiger partial charge in [-0.2, -0.15) is 0 Å². The number of nitrogens with zero attached hydrogens (tertiary/aromatic N) is 2. The lowest BCUT2D eigenvalue weighted by atomic mass is 10.0. The van der Waals surface area contributed by atoms with Crippen molar-refractivity contribution >= 4 is 23.4 Å². The zero-order valence-electron chi connectivity index (χ0n) is 14.4. The van der Waals surface area contributed by atoms with Crippen molar-refractivity contribution in [3.63, 3.8) is 0 Å². The predicted octanol–water partition coefficient (Wildman–Crippen LogP) is 4.73. The van der Waals surface area contributed by atoms with E-state index in [1.165, 1.54) is 11.8 Å². The van der Waals surface area contributed by atoms with Gasteiger partial charge in [-0.05, 0) is 31.4 Å². The first-order chi connectivity index (χ1) is 12.7. The van der Waals surface area contributed by atoms with Crippen LogP contribution in [0.5, 0.6) is 0 Å². The molecular formula is C20H19N3O2S. The van der Waals surface area contributed by atoms with Gasteiger partial charge in [0.25, 0.3) is 5.22 Å². The first-order valence-electron chi connectivity index (χ1n) is 8.66. The van der Waals surface area contributed by atoms with Crippen LogP contribution in [-0.2, 0) is 4.79 Å². The van der Waals surface area contributed by atoms with Crippen molar-refractivity contribution in [2.45, 2.75) is 36.2 Å². The van der Waals surface area contributed by atoms with Gasteiger partial charge in [-0.1, -0.05) is 60.3 Å². The van der Waals surface area contributed by atoms with Crippen molar-refractivity contribution in [1.82, 2.24) is 10.2 Å². The average molecular weight is 365 g/mol. The van der Waals surface area contributed by atoms with Crippen LogP contribution in [0.25, 0.3) is 11.1 Å². The Morgan fingerprint density at radius 1 is 1.12 bits per heavy atom. The minimum Gasteiger partial charge on any atom is -0.416 e. The topological polar surface area (TPSA) is 68.0 Å². The van der Waals surface area contributed by atoms with E-state index >= 15 is 0 Å². The van der Waals surface area contributed by atoms with Crippen LogP contribution in [-0.4, -0.2) is 21.4 Å². The second-order valence-corrected chi connectivity index (χ2v) is 7.63. The molecule has 2 aromatic carbocycles. The zero-order chi connectivity index (χ0) is 17.9. The van der Waals surface area contributed by atoms with Crippen molar-refractivity contribution in [3.05, 3.63) is 60.5 Å². The fourth-order valence-electron chi connectivity index (χ4n) is 2.66. The maximum absolute atomic E-state index is 12.6. The van der Waals surface area contributed by atoms with Crippen LogP contribution in [0, 0.1) is 0 Å². The van der Waals surface area contributed by atoms with Crippen LogP contribution in [0.4, 0.5) is 5.69 Å². The molecule has 0 unspecified atom stereocenters. The minimum atomic E-state index is -0.341. The molecule has 1 aliphatic carbocycles. The normalized spacial score (nSPS) is 14.8. The molecule has 1 aliphatic rings. The van der Waals surface area contributed by atoms with Gasteiger partial charge in [0.15, 0.2) is 0 Å². The van der Waals surface area contributed by atoms with Gasteiger partial charge in [0.05, 0.1) is 5.25 Å². The van der Waals surface area contributed by atoms with E-state index in [-0.39, 0.29) is 11.2 Å². The number of hydrogen-bond acceptors (Lipinski definition) is 5. The van der Waals surface area contributed by atoms with Crippen LogP contribution in [0.3, 0.4) is 0 Å². The molecule has 1 amide bonds. The van der Waals surface area contributed by atoms with Crippen molar-refractivity contribution in [1.29, 1.82) is 0 Å². The Balaban J connectivity index is 1.45. The Kier molecular flexibility index (Phi) is 4.75. The first-order valence-corrected chi connectivity index (χ1v) is 9.54. The van der Waals surface area contributed by atoms with Crippen LogP contribution in [0.2, 0.25) is 0 Å². The summed E-state index contributed by atoms with van der Waals surface area (Å²) < 4.78 is 5.63. The van der Waals surface area contributed by atoms with E-state index in [2.05, 4.69) is 15.5 Å². The van der Waals surface area contributed by atoms with Crippen LogP contribution in [0.15, 0.2) is 64.2 Å². The molecule has 1 aromatic heterocycles. The van der Waals surface area contributed by atoms with Gasteiger partial charge in [-0.25, -0.2) is 0 Å². The van der Waals surface area contributed by atoms with Gasteiger partial charge in [0.2, 0.25) is 11.8 Å². The number of carbonyl (C=O) groups excluding carboxylic acids is 1. The number of carbonyl (C=O) groups is 1. The van der Waals surface area contributed by atoms with Crippen molar-refractivity contribution < 1.29 is 9.21 Å². The molecule has 1 atom stereocenters. The fourth-order valence-corrected chi connectivity index (χ4v) is 3.35. The zero-order valence-corrected chi connectivity index (χ0v) is 15.2. The molecule has 4 rings (SSSR count). The molecule has 0 spiro atoms. The predicted molar refractivity (Wildman–Crippen MR) is 102 cm³/mol. The second kappa shape index (κ2) is 7.33. The molecule has 1 heterocycles. The maximum atomic E-state index is 12.6. The fraction of sp³-hybridized carbons (Fsp3) is 0.250. The summed E-state index contributed by atoms with van der Waals surface area (Å²) in [5, 5.41) is 11.2. The Hall–Kier alpha value is -2.60. The average Bonchev–Trinajstić information content (AvgIpc) is 3.42. The monoisotopic (exact) mass is 365 g/mol. The quantitative estimate of drug-likeness (QED) is 0.639. The smallest absolute Gasteiger partial charge is 0.277 e. The molecule has 0 aliphatic heterocycles. The molecule has 0 radical (unpaired) electrons. The third-order valence-electron chi connectivity index (χ3n) is 4.27. The van der Waals surface area contributed by atoms with E-state index in [1.807, 2.05) is 61.5 Å². The summed E-state index contributed by atoms with van der Waals surface area (Å²) in [4.78, 5) is 12.6. The molecule has 0 saturated heterocycles. The van der Waals surface area contributed by atoms with Crippen molar-refractivity contribution in [2.75, 3.05) is 5.32 Å². The molecule has 0 bridgehead atoms. The van der Waals surface area contributed by atoms with Crippen LogP contribution in [0.1, 0.15) is 31.6 Å². The summed E-state index contributed by atoms with van der Waals surface area (Å²) in [6, 6.07) is 17.8. The van der Waals surface area contributed by atoms with Gasteiger partial charge < -0.3 is 9.73 Å². The molecule has 132 valence electrons. The third kappa shape index (κ3) is 3.80. The Labute approximate surface area is 156 Å². The first kappa shape index (κ1) is 16.8. The lowest BCUT2D eigenvalue weighted by Crippen LogP contribution is -2.22. The van der Waals surface area contributed by atoms with Gasteiger partial charge >= 0.3 is 0 Å². The summed E-state index contributed by atoms with van der Waals surface area (Å²) in [5.74, 6) is 1.01. The standard InChI is InChI=1S/C20H19N3O2S/c1-13(26-20-23-22-19(25-20)15-11-12-15)18(24)21-17-10-6-5-9-16(17)14-7-3-2-4-8-14/h2-10,13,15H,11-12H2,1H3,(H,21,24)/t13-/m0/s1. The van der Waals surface area contributed by atoms with E-state index in [0.29, 0.717) is 17.0 Å². The van der Waals surface area contributed by atoms with E-state index in [1.54, 1.807) is 0 Å². The van der Waals surface area contributed by atoms with E-state index in [0.717, 1.165) is 29.7 Å². The molecular weight excluding hydrogens is 346 g/mol. The molecule has 3 aromatic rings. The number of anilines is 1. The van der Waals surface area contributed by atoms with Gasteiger partial charge in [0.1, 0.15) is 0 Å². The maximum Gasteiger partial charge on any atom is 0.277 e. The number of para-hydroxylation sites is 1. The Morgan fingerprint density at radius 3 is 2.62 bits per heavy atom. The summed E-state index contributed by atoms with van der Waals surface area (Å²) >= 11 is 1.29. The molecule has 1 N–H and O–H groups in total. The Bertz CT molecular complexity index is 906. The van der Waals surface area contributed by atoms with Crippen molar-refractivity contribution in [3.8, 4) is 11.1 Å². The highest BCUT2D eigenvalue weighted by Crippen LogP contribution is 2.40. The molecule has 1 saturated carbocycles. The number of nitrogens with one attached hydrogen (secondary N) is 1. The molecule has 6 heteroatoms. The highest BCUT2D eigenvalue weighted by Gasteiger charge is 2.30. The van der Waals surface area contributed by atoms with E-state index in [9.17, 15) is 4.79 Å². The summed E-state index contributed by atoms with van der Waals surface area (Å²) in [5.41, 5.74) is 2.85. The number of benzene rings is 2.